The summed E-state index contributed by atoms with van der Waals surface area (Å²) in [6.45, 7) is 4.86. The summed E-state index contributed by atoms with van der Waals surface area (Å²) in [4.78, 5) is 12.7. The first-order chi connectivity index (χ1) is 13.8. The van der Waals surface area contributed by atoms with Gasteiger partial charge in [-0.25, -0.2) is 12.8 Å². The van der Waals surface area contributed by atoms with Crippen molar-refractivity contribution in [3.05, 3.63) is 59.9 Å². The molecule has 2 aromatic carbocycles. The molecule has 1 aliphatic heterocycles. The van der Waals surface area contributed by atoms with E-state index in [-0.39, 0.29) is 17.6 Å². The first-order valence-corrected chi connectivity index (χ1v) is 11.4. The minimum Gasteiger partial charge on any atom is -0.326 e. The van der Waals surface area contributed by atoms with Crippen LogP contribution in [-0.2, 0) is 21.2 Å². The number of anilines is 1. The molecule has 5 nitrogen and oxygen atoms in total. The second kappa shape index (κ2) is 9.05. The van der Waals surface area contributed by atoms with E-state index in [1.165, 1.54) is 28.6 Å². The SMILES string of the molecule is CC(C)Cc1ccc(S(=O)(=O)N2CCC(C(=O)Nc3ccc(F)cc3)CC2)cc1. The molecule has 0 radical (unpaired) electrons. The summed E-state index contributed by atoms with van der Waals surface area (Å²) in [6, 6.07) is 12.7. The van der Waals surface area contributed by atoms with Gasteiger partial charge in [0.15, 0.2) is 0 Å². The molecular weight excluding hydrogens is 391 g/mol. The summed E-state index contributed by atoms with van der Waals surface area (Å²) >= 11 is 0. The summed E-state index contributed by atoms with van der Waals surface area (Å²) in [6.07, 6.45) is 1.82. The van der Waals surface area contributed by atoms with Crippen molar-refractivity contribution < 1.29 is 17.6 Å². The quantitative estimate of drug-likeness (QED) is 0.769. The highest BCUT2D eigenvalue weighted by atomic mass is 32.2. The molecule has 1 amide bonds. The monoisotopic (exact) mass is 418 g/mol. The molecule has 0 atom stereocenters. The van der Waals surface area contributed by atoms with Crippen molar-refractivity contribution in [1.82, 2.24) is 4.31 Å². The van der Waals surface area contributed by atoms with Crippen LogP contribution >= 0.6 is 0 Å². The van der Waals surface area contributed by atoms with Gasteiger partial charge < -0.3 is 5.32 Å². The smallest absolute Gasteiger partial charge is 0.243 e. The Bertz CT molecular complexity index is 933. The number of hydrogen-bond acceptors (Lipinski definition) is 3. The summed E-state index contributed by atoms with van der Waals surface area (Å²) in [5, 5.41) is 2.77. The first-order valence-electron chi connectivity index (χ1n) is 9.91. The maximum Gasteiger partial charge on any atom is 0.243 e. The van der Waals surface area contributed by atoms with Gasteiger partial charge in [0.2, 0.25) is 15.9 Å². The fourth-order valence-corrected chi connectivity index (χ4v) is 5.02. The Labute approximate surface area is 172 Å². The molecule has 2 aromatic rings. The second-order valence-corrected chi connectivity index (χ2v) is 9.85. The van der Waals surface area contributed by atoms with Crippen molar-refractivity contribution in [3.8, 4) is 0 Å². The molecule has 1 N–H and O–H groups in total. The average Bonchev–Trinajstić information content (AvgIpc) is 2.70. The van der Waals surface area contributed by atoms with Crippen LogP contribution in [0.1, 0.15) is 32.3 Å². The van der Waals surface area contributed by atoms with Crippen molar-refractivity contribution >= 4 is 21.6 Å². The minimum absolute atomic E-state index is 0.160. The Kier molecular flexibility index (Phi) is 6.70. The van der Waals surface area contributed by atoms with Crippen LogP contribution < -0.4 is 5.32 Å². The molecule has 3 rings (SSSR count). The van der Waals surface area contributed by atoms with E-state index in [4.69, 9.17) is 0 Å². The molecular formula is C22H27FN2O3S. The van der Waals surface area contributed by atoms with E-state index in [0.717, 1.165) is 12.0 Å². The lowest BCUT2D eigenvalue weighted by Gasteiger charge is -2.30. The summed E-state index contributed by atoms with van der Waals surface area (Å²) in [5.74, 6) is -0.275. The maximum atomic E-state index is 13.0. The van der Waals surface area contributed by atoms with Gasteiger partial charge in [0.05, 0.1) is 4.90 Å². The third kappa shape index (κ3) is 5.42. The van der Waals surface area contributed by atoms with Crippen LogP contribution in [0.2, 0.25) is 0 Å². The standard InChI is InChI=1S/C22H27FN2O3S/c1-16(2)15-17-3-9-21(10-4-17)29(27,28)25-13-11-18(12-14-25)22(26)24-20-7-5-19(23)6-8-20/h3-10,16,18H,11-15H2,1-2H3,(H,24,26). The van der Waals surface area contributed by atoms with E-state index in [9.17, 15) is 17.6 Å². The molecule has 0 unspecified atom stereocenters. The highest BCUT2D eigenvalue weighted by Gasteiger charge is 2.32. The maximum absolute atomic E-state index is 13.0. The average molecular weight is 419 g/mol. The molecule has 1 heterocycles. The van der Waals surface area contributed by atoms with Gasteiger partial charge in [-0.3, -0.25) is 4.79 Å². The minimum atomic E-state index is -3.56. The number of nitrogens with zero attached hydrogens (tertiary/aromatic N) is 1. The van der Waals surface area contributed by atoms with Gasteiger partial charge in [0, 0.05) is 24.7 Å². The molecule has 0 aromatic heterocycles. The van der Waals surface area contributed by atoms with Crippen LogP contribution in [0.5, 0.6) is 0 Å². The van der Waals surface area contributed by atoms with Gasteiger partial charge in [-0.05, 0) is 67.1 Å². The Hall–Kier alpha value is -2.25. The van der Waals surface area contributed by atoms with E-state index >= 15 is 0 Å². The van der Waals surface area contributed by atoms with Gasteiger partial charge in [-0.15, -0.1) is 0 Å². The number of nitrogens with one attached hydrogen (secondary N) is 1. The van der Waals surface area contributed by atoms with Crippen LogP contribution in [0.4, 0.5) is 10.1 Å². The Morgan fingerprint density at radius 1 is 1.07 bits per heavy atom. The second-order valence-electron chi connectivity index (χ2n) is 7.92. The number of amides is 1. The van der Waals surface area contributed by atoms with Crippen molar-refractivity contribution in [2.24, 2.45) is 11.8 Å². The van der Waals surface area contributed by atoms with Gasteiger partial charge in [-0.2, -0.15) is 4.31 Å². The number of halogens is 1. The molecule has 0 aliphatic carbocycles. The Balaban J connectivity index is 1.58. The number of piperidine rings is 1. The summed E-state index contributed by atoms with van der Waals surface area (Å²) < 4.78 is 40.2. The lowest BCUT2D eigenvalue weighted by atomic mass is 9.97. The van der Waals surface area contributed by atoms with E-state index in [1.54, 1.807) is 12.1 Å². The zero-order valence-electron chi connectivity index (χ0n) is 16.8. The van der Waals surface area contributed by atoms with E-state index in [2.05, 4.69) is 19.2 Å². The molecule has 29 heavy (non-hydrogen) atoms. The van der Waals surface area contributed by atoms with Crippen molar-refractivity contribution in [3.63, 3.8) is 0 Å². The van der Waals surface area contributed by atoms with E-state index in [0.29, 0.717) is 42.4 Å². The number of benzene rings is 2. The van der Waals surface area contributed by atoms with E-state index < -0.39 is 10.0 Å². The zero-order valence-corrected chi connectivity index (χ0v) is 17.6. The first kappa shape index (κ1) is 21.5. The summed E-state index contributed by atoms with van der Waals surface area (Å²) in [7, 11) is -3.56. The van der Waals surface area contributed by atoms with Crippen LogP contribution in [0.3, 0.4) is 0 Å². The molecule has 0 spiro atoms. The lowest BCUT2D eigenvalue weighted by molar-refractivity contribution is -0.120. The zero-order chi connectivity index (χ0) is 21.0. The van der Waals surface area contributed by atoms with Gasteiger partial charge in [0.1, 0.15) is 5.82 Å². The van der Waals surface area contributed by atoms with Crippen molar-refractivity contribution in [2.45, 2.75) is 38.0 Å². The predicted molar refractivity (Wildman–Crippen MR) is 111 cm³/mol. The molecule has 156 valence electrons. The number of hydrogen-bond donors (Lipinski definition) is 1. The third-order valence-corrected chi connectivity index (χ3v) is 7.05. The lowest BCUT2D eigenvalue weighted by Crippen LogP contribution is -2.41. The number of carbonyl (C=O) groups excluding carboxylic acids is 1. The largest absolute Gasteiger partial charge is 0.326 e. The van der Waals surface area contributed by atoms with Crippen LogP contribution in [0.25, 0.3) is 0 Å². The number of rotatable bonds is 6. The Morgan fingerprint density at radius 2 is 1.66 bits per heavy atom. The molecule has 7 heteroatoms. The number of sulfonamides is 1. The molecule has 0 bridgehead atoms. The van der Waals surface area contributed by atoms with Crippen molar-refractivity contribution in [1.29, 1.82) is 0 Å². The van der Waals surface area contributed by atoms with Gasteiger partial charge in [0.25, 0.3) is 0 Å². The third-order valence-electron chi connectivity index (χ3n) is 5.14. The van der Waals surface area contributed by atoms with Gasteiger partial charge >= 0.3 is 0 Å². The normalized spacial score (nSPS) is 16.1. The van der Waals surface area contributed by atoms with Crippen molar-refractivity contribution in [2.75, 3.05) is 18.4 Å². The van der Waals surface area contributed by atoms with Crippen LogP contribution in [-0.4, -0.2) is 31.7 Å². The fraction of sp³-hybridized carbons (Fsp3) is 0.409. The summed E-state index contributed by atoms with van der Waals surface area (Å²) in [5.41, 5.74) is 1.66. The highest BCUT2D eigenvalue weighted by Crippen LogP contribution is 2.25. The molecule has 1 fully saturated rings. The Morgan fingerprint density at radius 3 is 2.21 bits per heavy atom. The fourth-order valence-electron chi connectivity index (χ4n) is 3.55. The van der Waals surface area contributed by atoms with Crippen LogP contribution in [0.15, 0.2) is 53.4 Å². The number of carbonyl (C=O) groups is 1. The highest BCUT2D eigenvalue weighted by molar-refractivity contribution is 7.89. The van der Waals surface area contributed by atoms with E-state index in [1.807, 2.05) is 12.1 Å². The van der Waals surface area contributed by atoms with Gasteiger partial charge in [-0.1, -0.05) is 26.0 Å². The predicted octanol–water partition coefficient (Wildman–Crippen LogP) is 4.06. The van der Waals surface area contributed by atoms with Crippen LogP contribution in [0, 0.1) is 17.7 Å². The molecule has 1 aliphatic rings. The topological polar surface area (TPSA) is 66.5 Å². The molecule has 1 saturated heterocycles. The molecule has 0 saturated carbocycles.